The number of rotatable bonds is 9. The second-order valence-electron chi connectivity index (χ2n) is 10.8. The van der Waals surface area contributed by atoms with Crippen LogP contribution in [0.2, 0.25) is 5.02 Å². The molecular weight excluding hydrogens is 548 g/mol. The molecule has 0 atom stereocenters. The van der Waals surface area contributed by atoms with E-state index in [-0.39, 0.29) is 0 Å². The molecule has 3 aromatic carbocycles. The highest BCUT2D eigenvalue weighted by molar-refractivity contribution is 7.12. The zero-order valence-corrected chi connectivity index (χ0v) is 24.8. The number of ether oxygens (including phenoxy) is 1. The SMILES string of the molecule is Cc1sc(C2CCN(CCCCc3c[nH]c4ccc(C#N)cc34)CC2)nc1-c1ccc(Oc2ccc(Cl)cc2)cc1. The van der Waals surface area contributed by atoms with Crippen molar-refractivity contribution in [1.29, 1.82) is 5.26 Å². The van der Waals surface area contributed by atoms with Crippen molar-refractivity contribution in [2.24, 2.45) is 0 Å². The first-order valence-corrected chi connectivity index (χ1v) is 15.5. The lowest BCUT2D eigenvalue weighted by Gasteiger charge is -2.31. The van der Waals surface area contributed by atoms with Crippen LogP contribution in [0.5, 0.6) is 11.5 Å². The van der Waals surface area contributed by atoms with Gasteiger partial charge in [-0.15, -0.1) is 11.3 Å². The molecule has 0 radical (unpaired) electrons. The quantitative estimate of drug-likeness (QED) is 0.177. The maximum atomic E-state index is 9.22. The molecule has 1 aliphatic heterocycles. The summed E-state index contributed by atoms with van der Waals surface area (Å²) in [7, 11) is 0. The maximum Gasteiger partial charge on any atom is 0.127 e. The van der Waals surface area contributed by atoms with E-state index in [2.05, 4.69) is 41.2 Å². The molecule has 7 heteroatoms. The van der Waals surface area contributed by atoms with Crippen molar-refractivity contribution >= 4 is 33.8 Å². The first kappa shape index (κ1) is 27.5. The van der Waals surface area contributed by atoms with Gasteiger partial charge in [-0.25, -0.2) is 4.98 Å². The average Bonchev–Trinajstić information content (AvgIpc) is 3.60. The van der Waals surface area contributed by atoms with Crippen molar-refractivity contribution in [2.45, 2.75) is 44.9 Å². The molecule has 5 aromatic rings. The molecule has 5 nitrogen and oxygen atoms in total. The fourth-order valence-corrected chi connectivity index (χ4v) is 6.93. The molecule has 0 unspecified atom stereocenters. The van der Waals surface area contributed by atoms with Crippen molar-refractivity contribution < 1.29 is 4.74 Å². The van der Waals surface area contributed by atoms with E-state index in [9.17, 15) is 5.26 Å². The standard InChI is InChI=1S/C34H33ClN4OS/c1-23-33(25-6-10-29(11-7-25)40-30-12-8-28(35)9-13-30)38-34(41-23)26-15-18-39(19-16-26)17-3-2-4-27-22-37-32-14-5-24(21-36)20-31(27)32/h5-14,20,22,26,37H,2-4,15-19H2,1H3. The summed E-state index contributed by atoms with van der Waals surface area (Å²) in [6, 6.07) is 23.7. The minimum absolute atomic E-state index is 0.539. The summed E-state index contributed by atoms with van der Waals surface area (Å²) < 4.78 is 5.95. The Balaban J connectivity index is 0.983. The van der Waals surface area contributed by atoms with Gasteiger partial charge in [-0.3, -0.25) is 0 Å². The fourth-order valence-electron chi connectivity index (χ4n) is 5.69. The molecule has 6 rings (SSSR count). The van der Waals surface area contributed by atoms with Crippen molar-refractivity contribution in [3.8, 4) is 28.8 Å². The largest absolute Gasteiger partial charge is 0.457 e. The second-order valence-corrected chi connectivity index (χ2v) is 12.5. The number of nitrogens with zero attached hydrogens (tertiary/aromatic N) is 3. The highest BCUT2D eigenvalue weighted by Crippen LogP contribution is 2.36. The number of hydrogen-bond donors (Lipinski definition) is 1. The first-order chi connectivity index (χ1) is 20.1. The summed E-state index contributed by atoms with van der Waals surface area (Å²) >= 11 is 7.83. The smallest absolute Gasteiger partial charge is 0.127 e. The number of thiazole rings is 1. The summed E-state index contributed by atoms with van der Waals surface area (Å²) in [5.74, 6) is 2.10. The minimum Gasteiger partial charge on any atom is -0.457 e. The molecular formula is C34H33ClN4OS. The van der Waals surface area contributed by atoms with E-state index in [0.717, 1.165) is 66.3 Å². The van der Waals surface area contributed by atoms with E-state index in [4.69, 9.17) is 21.3 Å². The van der Waals surface area contributed by atoms with Crippen LogP contribution in [0.15, 0.2) is 72.9 Å². The number of benzene rings is 3. The predicted molar refractivity (Wildman–Crippen MR) is 168 cm³/mol. The normalized spacial score (nSPS) is 14.4. The molecule has 3 heterocycles. The molecule has 1 aliphatic rings. The van der Waals surface area contributed by atoms with Gasteiger partial charge in [0.2, 0.25) is 0 Å². The van der Waals surface area contributed by atoms with Crippen LogP contribution in [0.4, 0.5) is 0 Å². The predicted octanol–water partition coefficient (Wildman–Crippen LogP) is 9.12. The summed E-state index contributed by atoms with van der Waals surface area (Å²) in [6.07, 6.45) is 7.82. The molecule has 0 amide bonds. The zero-order valence-electron chi connectivity index (χ0n) is 23.2. The molecule has 0 saturated carbocycles. The zero-order chi connectivity index (χ0) is 28.2. The van der Waals surface area contributed by atoms with Gasteiger partial charge in [0, 0.05) is 38.5 Å². The van der Waals surface area contributed by atoms with Gasteiger partial charge in [0.1, 0.15) is 11.5 Å². The lowest BCUT2D eigenvalue weighted by molar-refractivity contribution is 0.209. The molecule has 0 aliphatic carbocycles. The van der Waals surface area contributed by atoms with Crippen LogP contribution in [-0.2, 0) is 6.42 Å². The van der Waals surface area contributed by atoms with Gasteiger partial charge < -0.3 is 14.6 Å². The average molecular weight is 581 g/mol. The van der Waals surface area contributed by atoms with E-state index in [1.54, 1.807) is 0 Å². The molecule has 0 bridgehead atoms. The highest BCUT2D eigenvalue weighted by atomic mass is 35.5. The summed E-state index contributed by atoms with van der Waals surface area (Å²) in [5, 5.41) is 12.4. The Morgan fingerprint density at radius 1 is 1.02 bits per heavy atom. The van der Waals surface area contributed by atoms with E-state index in [0.29, 0.717) is 10.9 Å². The van der Waals surface area contributed by atoms with Crippen LogP contribution >= 0.6 is 22.9 Å². The Morgan fingerprint density at radius 3 is 2.49 bits per heavy atom. The van der Waals surface area contributed by atoms with E-state index < -0.39 is 0 Å². The number of fused-ring (bicyclic) bond motifs is 1. The van der Waals surface area contributed by atoms with E-state index in [1.165, 1.54) is 40.1 Å². The lowest BCUT2D eigenvalue weighted by Crippen LogP contribution is -2.33. The number of nitrogens with one attached hydrogen (secondary N) is 1. The van der Waals surface area contributed by atoms with Gasteiger partial charge in [0.05, 0.1) is 22.3 Å². The Morgan fingerprint density at radius 2 is 1.76 bits per heavy atom. The number of unbranched alkanes of at least 4 members (excludes halogenated alkanes) is 1. The topological polar surface area (TPSA) is 64.9 Å². The molecule has 0 spiro atoms. The molecule has 1 fully saturated rings. The summed E-state index contributed by atoms with van der Waals surface area (Å²) in [5.41, 5.74) is 5.37. The van der Waals surface area contributed by atoms with Gasteiger partial charge in [-0.1, -0.05) is 11.6 Å². The summed E-state index contributed by atoms with van der Waals surface area (Å²) in [6.45, 7) is 5.59. The third kappa shape index (κ3) is 6.49. The number of likely N-dealkylation sites (tertiary alicyclic amines) is 1. The minimum atomic E-state index is 0.539. The number of H-pyrrole nitrogens is 1. The highest BCUT2D eigenvalue weighted by Gasteiger charge is 2.24. The molecule has 1 N–H and O–H groups in total. The van der Waals surface area contributed by atoms with Crippen LogP contribution in [0.3, 0.4) is 0 Å². The Labute approximate surface area is 250 Å². The monoisotopic (exact) mass is 580 g/mol. The number of halogens is 1. The Kier molecular flexibility index (Phi) is 8.38. The second kappa shape index (κ2) is 12.5. The van der Waals surface area contributed by atoms with Crippen LogP contribution < -0.4 is 4.74 Å². The number of hydrogen-bond acceptors (Lipinski definition) is 5. The van der Waals surface area contributed by atoms with Gasteiger partial charge in [-0.2, -0.15) is 5.26 Å². The maximum absolute atomic E-state index is 9.22. The third-order valence-corrected chi connectivity index (χ3v) is 9.38. The fraction of sp³-hybridized carbons (Fsp3) is 0.294. The third-order valence-electron chi connectivity index (χ3n) is 7.99. The molecule has 2 aromatic heterocycles. The van der Waals surface area contributed by atoms with Crippen LogP contribution in [-0.4, -0.2) is 34.5 Å². The number of aryl methyl sites for hydroxylation is 2. The van der Waals surface area contributed by atoms with Crippen LogP contribution in [0.1, 0.15) is 52.6 Å². The number of nitriles is 1. The van der Waals surface area contributed by atoms with Gasteiger partial charge in [0.15, 0.2) is 0 Å². The lowest BCUT2D eigenvalue weighted by atomic mass is 9.97. The Hall–Kier alpha value is -3.63. The summed E-state index contributed by atoms with van der Waals surface area (Å²) in [4.78, 5) is 12.3. The molecule has 41 heavy (non-hydrogen) atoms. The van der Waals surface area contributed by atoms with Crippen molar-refractivity contribution in [1.82, 2.24) is 14.9 Å². The number of aromatic nitrogens is 2. The van der Waals surface area contributed by atoms with Gasteiger partial charge >= 0.3 is 0 Å². The van der Waals surface area contributed by atoms with E-state index >= 15 is 0 Å². The van der Waals surface area contributed by atoms with Crippen molar-refractivity contribution in [3.05, 3.63) is 99.0 Å². The van der Waals surface area contributed by atoms with Crippen molar-refractivity contribution in [2.75, 3.05) is 19.6 Å². The van der Waals surface area contributed by atoms with Crippen molar-refractivity contribution in [3.63, 3.8) is 0 Å². The molecule has 208 valence electrons. The van der Waals surface area contributed by atoms with Gasteiger partial charge in [-0.05, 0) is 131 Å². The van der Waals surface area contributed by atoms with Gasteiger partial charge in [0.25, 0.3) is 0 Å². The Bertz CT molecular complexity index is 1660. The van der Waals surface area contributed by atoms with Crippen LogP contribution in [0.25, 0.3) is 22.2 Å². The first-order valence-electron chi connectivity index (χ1n) is 14.3. The number of piperidine rings is 1. The van der Waals surface area contributed by atoms with E-state index in [1.807, 2.05) is 65.9 Å². The van der Waals surface area contributed by atoms with Crippen LogP contribution in [0, 0.1) is 18.3 Å². The number of aromatic amines is 1. The molecule has 1 saturated heterocycles.